The highest BCUT2D eigenvalue weighted by Crippen LogP contribution is 2.42. The van der Waals surface area contributed by atoms with Crippen molar-refractivity contribution in [3.05, 3.63) is 23.3 Å². The maximum atomic E-state index is 8.76. The molecule has 25 heavy (non-hydrogen) atoms. The van der Waals surface area contributed by atoms with E-state index < -0.39 is 0 Å². The Balaban J connectivity index is 2.19. The number of allylic oxidation sites excluding steroid dienone is 3. The summed E-state index contributed by atoms with van der Waals surface area (Å²) < 4.78 is 0. The molecule has 0 aromatic carbocycles. The molecule has 1 heteroatoms. The lowest BCUT2D eigenvalue weighted by Gasteiger charge is -2.35. The van der Waals surface area contributed by atoms with E-state index in [4.69, 9.17) is 5.11 Å². The molecule has 0 saturated carbocycles. The molecule has 1 aliphatic rings. The highest BCUT2D eigenvalue weighted by Gasteiger charge is 2.27. The SMILES string of the molecule is CC1=C(CCC(C)CCCC(C)CC/C=C/CCO)C(C)(C)CCC1. The Morgan fingerprint density at radius 2 is 1.64 bits per heavy atom. The molecule has 0 aromatic rings. The predicted molar refractivity (Wildman–Crippen MR) is 112 cm³/mol. The molecule has 1 nitrogen and oxygen atoms in total. The summed E-state index contributed by atoms with van der Waals surface area (Å²) in [5.74, 6) is 1.68. The summed E-state index contributed by atoms with van der Waals surface area (Å²) in [4.78, 5) is 0. The molecule has 0 spiro atoms. The van der Waals surface area contributed by atoms with E-state index in [0.29, 0.717) is 5.41 Å². The average molecular weight is 349 g/mol. The number of hydrogen-bond acceptors (Lipinski definition) is 1. The van der Waals surface area contributed by atoms with E-state index in [1.807, 2.05) is 0 Å². The summed E-state index contributed by atoms with van der Waals surface area (Å²) in [6, 6.07) is 0. The third-order valence-electron chi connectivity index (χ3n) is 6.26. The molecule has 0 fully saturated rings. The molecule has 0 amide bonds. The highest BCUT2D eigenvalue weighted by atomic mass is 16.2. The second kappa shape index (κ2) is 11.9. The van der Waals surface area contributed by atoms with E-state index in [1.165, 1.54) is 64.2 Å². The van der Waals surface area contributed by atoms with Crippen LogP contribution < -0.4 is 0 Å². The van der Waals surface area contributed by atoms with Gasteiger partial charge in [0.1, 0.15) is 0 Å². The number of hydrogen-bond donors (Lipinski definition) is 1. The summed E-state index contributed by atoms with van der Waals surface area (Å²) in [7, 11) is 0. The first-order chi connectivity index (χ1) is 11.9. The van der Waals surface area contributed by atoms with Crippen molar-refractivity contribution >= 4 is 0 Å². The van der Waals surface area contributed by atoms with Gasteiger partial charge in [0, 0.05) is 6.61 Å². The van der Waals surface area contributed by atoms with Crippen molar-refractivity contribution in [3.8, 4) is 0 Å². The standard InChI is InChI=1S/C24H44O/c1-20(12-8-6-7-9-19-25)13-10-14-21(2)16-17-23-22(3)15-11-18-24(23,4)5/h6-7,20-21,25H,8-19H2,1-5H3/b7-6+. The Labute approximate surface area is 158 Å². The maximum Gasteiger partial charge on any atom is 0.0465 e. The van der Waals surface area contributed by atoms with E-state index in [-0.39, 0.29) is 6.61 Å². The van der Waals surface area contributed by atoms with Crippen LogP contribution in [-0.2, 0) is 0 Å². The largest absolute Gasteiger partial charge is 0.396 e. The molecule has 1 N–H and O–H groups in total. The van der Waals surface area contributed by atoms with Crippen molar-refractivity contribution in [2.45, 2.75) is 105 Å². The Bertz CT molecular complexity index is 416. The highest BCUT2D eigenvalue weighted by molar-refractivity contribution is 5.22. The van der Waals surface area contributed by atoms with E-state index in [0.717, 1.165) is 18.3 Å². The molecule has 0 aromatic heterocycles. The minimum atomic E-state index is 0.275. The Kier molecular flexibility index (Phi) is 10.7. The van der Waals surface area contributed by atoms with Crippen LogP contribution in [0, 0.1) is 17.3 Å². The second-order valence-electron chi connectivity index (χ2n) is 9.24. The monoisotopic (exact) mass is 348 g/mol. The Morgan fingerprint density at radius 1 is 1.00 bits per heavy atom. The summed E-state index contributed by atoms with van der Waals surface area (Å²) in [5, 5.41) is 8.76. The van der Waals surface area contributed by atoms with Crippen LogP contribution in [0.15, 0.2) is 23.3 Å². The lowest BCUT2D eigenvalue weighted by Crippen LogP contribution is -2.20. The topological polar surface area (TPSA) is 20.2 Å². The van der Waals surface area contributed by atoms with Crippen molar-refractivity contribution in [3.63, 3.8) is 0 Å². The predicted octanol–water partition coefficient (Wildman–Crippen LogP) is 7.45. The zero-order chi connectivity index (χ0) is 18.7. The number of rotatable bonds is 12. The lowest BCUT2D eigenvalue weighted by atomic mass is 9.70. The fraction of sp³-hybridized carbons (Fsp3) is 0.833. The van der Waals surface area contributed by atoms with Crippen LogP contribution in [0.3, 0.4) is 0 Å². The first kappa shape index (κ1) is 22.5. The fourth-order valence-electron chi connectivity index (χ4n) is 4.41. The molecular weight excluding hydrogens is 304 g/mol. The summed E-state index contributed by atoms with van der Waals surface area (Å²) in [6.07, 6.45) is 18.5. The molecule has 0 aliphatic heterocycles. The van der Waals surface area contributed by atoms with Gasteiger partial charge in [0.05, 0.1) is 0 Å². The summed E-state index contributed by atoms with van der Waals surface area (Å²) in [6.45, 7) is 12.4. The Hall–Kier alpha value is -0.560. The lowest BCUT2D eigenvalue weighted by molar-refractivity contribution is 0.302. The van der Waals surface area contributed by atoms with Gasteiger partial charge in [-0.2, -0.15) is 0 Å². The molecule has 1 aliphatic carbocycles. The first-order valence-corrected chi connectivity index (χ1v) is 10.8. The van der Waals surface area contributed by atoms with Gasteiger partial charge in [-0.05, 0) is 75.5 Å². The van der Waals surface area contributed by atoms with Crippen LogP contribution in [0.4, 0.5) is 0 Å². The van der Waals surface area contributed by atoms with Gasteiger partial charge in [-0.15, -0.1) is 0 Å². The van der Waals surface area contributed by atoms with Gasteiger partial charge in [-0.25, -0.2) is 0 Å². The van der Waals surface area contributed by atoms with Gasteiger partial charge in [-0.1, -0.05) is 70.3 Å². The third-order valence-corrected chi connectivity index (χ3v) is 6.26. The zero-order valence-electron chi connectivity index (χ0n) is 17.7. The summed E-state index contributed by atoms with van der Waals surface area (Å²) >= 11 is 0. The zero-order valence-corrected chi connectivity index (χ0v) is 17.7. The van der Waals surface area contributed by atoms with Crippen molar-refractivity contribution in [2.24, 2.45) is 17.3 Å². The second-order valence-corrected chi connectivity index (χ2v) is 9.24. The minimum Gasteiger partial charge on any atom is -0.396 e. The number of aliphatic hydroxyl groups is 1. The third kappa shape index (κ3) is 9.08. The molecule has 0 saturated heterocycles. The minimum absolute atomic E-state index is 0.275. The first-order valence-electron chi connectivity index (χ1n) is 10.8. The van der Waals surface area contributed by atoms with E-state index in [1.54, 1.807) is 11.1 Å². The molecule has 146 valence electrons. The molecule has 0 heterocycles. The molecule has 1 rings (SSSR count). The van der Waals surface area contributed by atoms with Crippen molar-refractivity contribution in [1.82, 2.24) is 0 Å². The summed E-state index contributed by atoms with van der Waals surface area (Å²) in [5.41, 5.74) is 3.90. The molecule has 0 bridgehead atoms. The van der Waals surface area contributed by atoms with Crippen LogP contribution in [0.25, 0.3) is 0 Å². The van der Waals surface area contributed by atoms with Gasteiger partial charge in [0.2, 0.25) is 0 Å². The molecule has 0 radical (unpaired) electrons. The molecule has 2 atom stereocenters. The average Bonchev–Trinajstić information content (AvgIpc) is 2.53. The van der Waals surface area contributed by atoms with Crippen LogP contribution in [-0.4, -0.2) is 11.7 Å². The van der Waals surface area contributed by atoms with Gasteiger partial charge in [-0.3, -0.25) is 0 Å². The smallest absolute Gasteiger partial charge is 0.0465 e. The van der Waals surface area contributed by atoms with Gasteiger partial charge in [0.25, 0.3) is 0 Å². The van der Waals surface area contributed by atoms with Crippen LogP contribution >= 0.6 is 0 Å². The fourth-order valence-corrected chi connectivity index (χ4v) is 4.41. The number of aliphatic hydroxyl groups excluding tert-OH is 1. The van der Waals surface area contributed by atoms with Crippen LogP contribution in [0.5, 0.6) is 0 Å². The molecular formula is C24H44O. The quantitative estimate of drug-likeness (QED) is 0.363. The van der Waals surface area contributed by atoms with Crippen LogP contribution in [0.2, 0.25) is 0 Å². The van der Waals surface area contributed by atoms with Gasteiger partial charge < -0.3 is 5.11 Å². The Morgan fingerprint density at radius 3 is 2.28 bits per heavy atom. The molecule has 2 unspecified atom stereocenters. The van der Waals surface area contributed by atoms with Gasteiger partial charge >= 0.3 is 0 Å². The van der Waals surface area contributed by atoms with E-state index in [2.05, 4.69) is 46.8 Å². The maximum absolute atomic E-state index is 8.76. The normalized spacial score (nSPS) is 20.2. The van der Waals surface area contributed by atoms with E-state index >= 15 is 0 Å². The van der Waals surface area contributed by atoms with E-state index in [9.17, 15) is 0 Å². The van der Waals surface area contributed by atoms with Crippen molar-refractivity contribution in [1.29, 1.82) is 0 Å². The van der Waals surface area contributed by atoms with Crippen LogP contribution in [0.1, 0.15) is 105 Å². The van der Waals surface area contributed by atoms with Crippen molar-refractivity contribution < 1.29 is 5.11 Å². The van der Waals surface area contributed by atoms with Gasteiger partial charge in [0.15, 0.2) is 0 Å². The van der Waals surface area contributed by atoms with Crippen molar-refractivity contribution in [2.75, 3.05) is 6.61 Å².